The topological polar surface area (TPSA) is 15.3 Å². The van der Waals surface area contributed by atoms with Crippen LogP contribution in [0.2, 0.25) is 0 Å². The average molecular weight is 260 g/mol. The zero-order chi connectivity index (χ0) is 13.8. The lowest BCUT2D eigenvalue weighted by atomic mass is 10.0. The molecule has 0 amide bonds. The highest BCUT2D eigenvalue weighted by molar-refractivity contribution is 5.50. The van der Waals surface area contributed by atoms with Crippen LogP contribution in [0.1, 0.15) is 37.3 Å². The van der Waals surface area contributed by atoms with Gasteiger partial charge < -0.3 is 10.2 Å². The van der Waals surface area contributed by atoms with Gasteiger partial charge in [0, 0.05) is 25.3 Å². The highest BCUT2D eigenvalue weighted by atomic mass is 15.1. The standard InChI is InChI=1S/C17H28N2/c1-5-18-17-8-6-7-15(17)12-19(4)16-10-13(2)9-14(3)11-16/h9-11,15,17-18H,5-8,12H2,1-4H3. The molecule has 0 radical (unpaired) electrons. The second-order valence-corrected chi connectivity index (χ2v) is 6.08. The van der Waals surface area contributed by atoms with Gasteiger partial charge in [-0.3, -0.25) is 0 Å². The quantitative estimate of drug-likeness (QED) is 0.871. The fourth-order valence-electron chi connectivity index (χ4n) is 3.41. The Balaban J connectivity index is 2.01. The van der Waals surface area contributed by atoms with Gasteiger partial charge in [0.25, 0.3) is 0 Å². The molecule has 0 spiro atoms. The summed E-state index contributed by atoms with van der Waals surface area (Å²) >= 11 is 0. The molecule has 0 heterocycles. The van der Waals surface area contributed by atoms with Crippen molar-refractivity contribution in [3.8, 4) is 0 Å². The predicted octanol–water partition coefficient (Wildman–Crippen LogP) is 3.52. The van der Waals surface area contributed by atoms with E-state index in [1.165, 1.54) is 42.6 Å². The third-order valence-corrected chi connectivity index (χ3v) is 4.28. The molecule has 106 valence electrons. The first kappa shape index (κ1) is 14.4. The summed E-state index contributed by atoms with van der Waals surface area (Å²) in [7, 11) is 2.23. The Morgan fingerprint density at radius 2 is 1.84 bits per heavy atom. The van der Waals surface area contributed by atoms with Crippen LogP contribution in [0.15, 0.2) is 18.2 Å². The lowest BCUT2D eigenvalue weighted by Gasteiger charge is -2.28. The Morgan fingerprint density at radius 3 is 2.47 bits per heavy atom. The van der Waals surface area contributed by atoms with Crippen LogP contribution in [0.5, 0.6) is 0 Å². The van der Waals surface area contributed by atoms with E-state index in [-0.39, 0.29) is 0 Å². The molecular formula is C17H28N2. The summed E-state index contributed by atoms with van der Waals surface area (Å²) in [4.78, 5) is 2.43. The van der Waals surface area contributed by atoms with Crippen molar-refractivity contribution >= 4 is 5.69 Å². The summed E-state index contributed by atoms with van der Waals surface area (Å²) in [6.45, 7) is 8.83. The van der Waals surface area contributed by atoms with Gasteiger partial charge in [0.2, 0.25) is 0 Å². The molecule has 1 aromatic rings. The van der Waals surface area contributed by atoms with E-state index in [1.54, 1.807) is 0 Å². The summed E-state index contributed by atoms with van der Waals surface area (Å²) in [6.07, 6.45) is 4.09. The minimum absolute atomic E-state index is 0.721. The summed E-state index contributed by atoms with van der Waals surface area (Å²) in [5.74, 6) is 0.797. The maximum Gasteiger partial charge on any atom is 0.0369 e. The van der Waals surface area contributed by atoms with Gasteiger partial charge >= 0.3 is 0 Å². The summed E-state index contributed by atoms with van der Waals surface area (Å²) in [5.41, 5.74) is 4.08. The van der Waals surface area contributed by atoms with E-state index < -0.39 is 0 Å². The summed E-state index contributed by atoms with van der Waals surface area (Å²) in [5, 5.41) is 3.65. The van der Waals surface area contributed by atoms with Gasteiger partial charge in [0.1, 0.15) is 0 Å². The monoisotopic (exact) mass is 260 g/mol. The van der Waals surface area contributed by atoms with Crippen LogP contribution in [0.4, 0.5) is 5.69 Å². The maximum absolute atomic E-state index is 3.65. The second-order valence-electron chi connectivity index (χ2n) is 6.08. The summed E-state index contributed by atoms with van der Waals surface area (Å²) < 4.78 is 0. The molecule has 19 heavy (non-hydrogen) atoms. The van der Waals surface area contributed by atoms with E-state index in [9.17, 15) is 0 Å². The Hall–Kier alpha value is -1.02. The molecule has 0 aliphatic heterocycles. The zero-order valence-corrected chi connectivity index (χ0v) is 12.9. The van der Waals surface area contributed by atoms with Gasteiger partial charge in [-0.2, -0.15) is 0 Å². The van der Waals surface area contributed by atoms with Crippen molar-refractivity contribution in [3.05, 3.63) is 29.3 Å². The van der Waals surface area contributed by atoms with Crippen LogP contribution in [-0.2, 0) is 0 Å². The highest BCUT2D eigenvalue weighted by Crippen LogP contribution is 2.28. The minimum atomic E-state index is 0.721. The van der Waals surface area contributed by atoms with Gasteiger partial charge in [-0.25, -0.2) is 0 Å². The Labute approximate surface area is 118 Å². The number of rotatable bonds is 5. The van der Waals surface area contributed by atoms with Crippen LogP contribution in [-0.4, -0.2) is 26.2 Å². The molecule has 1 saturated carbocycles. The molecule has 0 aromatic heterocycles. The molecule has 0 bridgehead atoms. The largest absolute Gasteiger partial charge is 0.374 e. The van der Waals surface area contributed by atoms with E-state index in [0.29, 0.717) is 0 Å². The molecule has 1 aliphatic rings. The lowest BCUT2D eigenvalue weighted by molar-refractivity contribution is 0.411. The first-order valence-corrected chi connectivity index (χ1v) is 7.63. The van der Waals surface area contributed by atoms with Gasteiger partial charge in [-0.05, 0) is 62.4 Å². The van der Waals surface area contributed by atoms with Crippen molar-refractivity contribution in [2.75, 3.05) is 25.0 Å². The molecule has 1 aromatic carbocycles. The molecule has 2 nitrogen and oxygen atoms in total. The van der Waals surface area contributed by atoms with Crippen LogP contribution in [0.25, 0.3) is 0 Å². The molecule has 2 heteroatoms. The van der Waals surface area contributed by atoms with E-state index >= 15 is 0 Å². The van der Waals surface area contributed by atoms with Crippen molar-refractivity contribution in [2.45, 2.75) is 46.1 Å². The summed E-state index contributed by atoms with van der Waals surface area (Å²) in [6, 6.07) is 7.56. The Kier molecular flexibility index (Phi) is 4.87. The number of benzene rings is 1. The fraction of sp³-hybridized carbons (Fsp3) is 0.647. The zero-order valence-electron chi connectivity index (χ0n) is 12.9. The van der Waals surface area contributed by atoms with Crippen molar-refractivity contribution < 1.29 is 0 Å². The maximum atomic E-state index is 3.65. The van der Waals surface area contributed by atoms with Gasteiger partial charge in [-0.1, -0.05) is 19.4 Å². The van der Waals surface area contributed by atoms with Crippen LogP contribution in [0, 0.1) is 19.8 Å². The van der Waals surface area contributed by atoms with Gasteiger partial charge in [0.15, 0.2) is 0 Å². The second kappa shape index (κ2) is 6.42. The number of nitrogens with one attached hydrogen (secondary N) is 1. The average Bonchev–Trinajstić information content (AvgIpc) is 2.76. The first-order chi connectivity index (χ1) is 9.10. The van der Waals surface area contributed by atoms with Gasteiger partial charge in [-0.15, -0.1) is 0 Å². The van der Waals surface area contributed by atoms with Crippen molar-refractivity contribution in [3.63, 3.8) is 0 Å². The number of hydrogen-bond donors (Lipinski definition) is 1. The molecule has 2 unspecified atom stereocenters. The molecule has 1 fully saturated rings. The van der Waals surface area contributed by atoms with Gasteiger partial charge in [0.05, 0.1) is 0 Å². The van der Waals surface area contributed by atoms with Crippen LogP contribution < -0.4 is 10.2 Å². The smallest absolute Gasteiger partial charge is 0.0369 e. The third kappa shape index (κ3) is 3.73. The SMILES string of the molecule is CCNC1CCCC1CN(C)c1cc(C)cc(C)c1. The third-order valence-electron chi connectivity index (χ3n) is 4.28. The minimum Gasteiger partial charge on any atom is -0.374 e. The molecule has 2 atom stereocenters. The Morgan fingerprint density at radius 1 is 1.16 bits per heavy atom. The lowest BCUT2D eigenvalue weighted by Crippen LogP contribution is -2.38. The normalized spacial score (nSPS) is 22.7. The molecule has 0 saturated heterocycles. The van der Waals surface area contributed by atoms with E-state index in [1.807, 2.05) is 0 Å². The number of hydrogen-bond acceptors (Lipinski definition) is 2. The van der Waals surface area contributed by atoms with Crippen molar-refractivity contribution in [1.82, 2.24) is 5.32 Å². The number of anilines is 1. The van der Waals surface area contributed by atoms with E-state index in [4.69, 9.17) is 0 Å². The van der Waals surface area contributed by atoms with Crippen LogP contribution in [0.3, 0.4) is 0 Å². The van der Waals surface area contributed by atoms with E-state index in [2.05, 4.69) is 56.2 Å². The molecule has 2 rings (SSSR count). The molecule has 1 N–H and O–H groups in total. The molecule has 1 aliphatic carbocycles. The highest BCUT2D eigenvalue weighted by Gasteiger charge is 2.27. The Bertz CT molecular complexity index is 393. The first-order valence-electron chi connectivity index (χ1n) is 7.63. The molecular weight excluding hydrogens is 232 g/mol. The number of aryl methyl sites for hydroxylation is 2. The van der Waals surface area contributed by atoms with Crippen molar-refractivity contribution in [2.24, 2.45) is 5.92 Å². The number of nitrogens with zero attached hydrogens (tertiary/aromatic N) is 1. The van der Waals surface area contributed by atoms with E-state index in [0.717, 1.165) is 18.5 Å². The van der Waals surface area contributed by atoms with Crippen LogP contribution >= 0.6 is 0 Å². The van der Waals surface area contributed by atoms with Crippen molar-refractivity contribution in [1.29, 1.82) is 0 Å². The fourth-order valence-corrected chi connectivity index (χ4v) is 3.41. The predicted molar refractivity (Wildman–Crippen MR) is 84.0 cm³/mol.